The SMILES string of the molecule is CC(=N)/C(=C(/C)O)c1cc(-c2c(C)ccc3ncccc23)c2oc(=O)[nH]c2c1. The minimum atomic E-state index is -0.553. The number of aliphatic hydroxyl groups is 1. The number of fused-ring (bicyclic) bond motifs is 2. The molecule has 0 radical (unpaired) electrons. The maximum absolute atomic E-state index is 11.9. The van der Waals surface area contributed by atoms with Gasteiger partial charge in [0.05, 0.1) is 16.8 Å². The van der Waals surface area contributed by atoms with Crippen molar-refractivity contribution in [2.45, 2.75) is 20.8 Å². The molecule has 0 amide bonds. The lowest BCUT2D eigenvalue weighted by atomic mass is 9.91. The van der Waals surface area contributed by atoms with Crippen LogP contribution in [0, 0.1) is 12.3 Å². The van der Waals surface area contributed by atoms with Gasteiger partial charge in [0.15, 0.2) is 5.58 Å². The number of aliphatic hydroxyl groups excluding tert-OH is 1. The molecule has 0 atom stereocenters. The molecule has 4 aromatic rings. The quantitative estimate of drug-likeness (QED) is 0.348. The Morgan fingerprint density at radius 3 is 2.71 bits per heavy atom. The van der Waals surface area contributed by atoms with Gasteiger partial charge in [-0.15, -0.1) is 0 Å². The Kier molecular flexibility index (Phi) is 4.11. The van der Waals surface area contributed by atoms with E-state index in [2.05, 4.69) is 9.97 Å². The molecule has 0 aliphatic carbocycles. The van der Waals surface area contributed by atoms with Crippen molar-refractivity contribution in [1.29, 1.82) is 5.41 Å². The summed E-state index contributed by atoms with van der Waals surface area (Å²) in [5.74, 6) is -0.512. The van der Waals surface area contributed by atoms with Crippen LogP contribution in [0.2, 0.25) is 0 Å². The van der Waals surface area contributed by atoms with Crippen LogP contribution in [0.25, 0.3) is 38.7 Å². The summed E-state index contributed by atoms with van der Waals surface area (Å²) in [6.07, 6.45) is 1.73. The Bertz CT molecular complexity index is 1340. The summed E-state index contributed by atoms with van der Waals surface area (Å²) in [5, 5.41) is 19.1. The van der Waals surface area contributed by atoms with E-state index in [1.54, 1.807) is 26.1 Å². The fourth-order valence-corrected chi connectivity index (χ4v) is 3.71. The van der Waals surface area contributed by atoms with Crippen LogP contribution in [-0.2, 0) is 0 Å². The van der Waals surface area contributed by atoms with Crippen molar-refractivity contribution in [2.75, 3.05) is 0 Å². The Balaban J connectivity index is 2.17. The molecule has 0 saturated heterocycles. The van der Waals surface area contributed by atoms with Crippen LogP contribution in [0.5, 0.6) is 0 Å². The first-order valence-corrected chi connectivity index (χ1v) is 8.84. The molecule has 3 N–H and O–H groups in total. The van der Waals surface area contributed by atoms with Crippen molar-refractivity contribution < 1.29 is 9.52 Å². The molecular weight excluding hydrogens is 354 g/mol. The van der Waals surface area contributed by atoms with Crippen molar-refractivity contribution in [3.05, 3.63) is 70.0 Å². The highest BCUT2D eigenvalue weighted by Crippen LogP contribution is 2.37. The van der Waals surface area contributed by atoms with Crippen molar-refractivity contribution in [2.24, 2.45) is 0 Å². The lowest BCUT2D eigenvalue weighted by molar-refractivity contribution is 0.418. The minimum absolute atomic E-state index is 0.0416. The summed E-state index contributed by atoms with van der Waals surface area (Å²) in [7, 11) is 0. The zero-order valence-electron chi connectivity index (χ0n) is 15.8. The third kappa shape index (κ3) is 2.79. The normalized spacial score (nSPS) is 12.4. The number of rotatable bonds is 3. The molecule has 6 heteroatoms. The number of aromatic amines is 1. The molecule has 0 saturated carbocycles. The average molecular weight is 373 g/mol. The van der Waals surface area contributed by atoms with Gasteiger partial charge in [0.25, 0.3) is 0 Å². The van der Waals surface area contributed by atoms with Crippen LogP contribution in [0.4, 0.5) is 0 Å². The molecular formula is C22H19N3O3. The van der Waals surface area contributed by atoms with Gasteiger partial charge in [0.2, 0.25) is 0 Å². The molecule has 0 aliphatic heterocycles. The molecule has 2 heterocycles. The highest BCUT2D eigenvalue weighted by Gasteiger charge is 2.19. The Morgan fingerprint density at radius 2 is 2.00 bits per heavy atom. The molecule has 28 heavy (non-hydrogen) atoms. The fraction of sp³-hybridized carbons (Fsp3) is 0.136. The number of benzene rings is 2. The molecule has 6 nitrogen and oxygen atoms in total. The van der Waals surface area contributed by atoms with E-state index in [1.165, 1.54) is 0 Å². The van der Waals surface area contributed by atoms with Crippen LogP contribution in [0.3, 0.4) is 0 Å². The predicted molar refractivity (Wildman–Crippen MR) is 111 cm³/mol. The maximum atomic E-state index is 11.9. The number of pyridine rings is 1. The Labute approximate surface area is 160 Å². The van der Waals surface area contributed by atoms with Gasteiger partial charge in [-0.3, -0.25) is 9.97 Å². The number of nitrogens with one attached hydrogen (secondary N) is 2. The lowest BCUT2D eigenvalue weighted by Gasteiger charge is -2.14. The number of hydrogen-bond donors (Lipinski definition) is 3. The highest BCUT2D eigenvalue weighted by atomic mass is 16.4. The third-order valence-corrected chi connectivity index (χ3v) is 4.81. The van der Waals surface area contributed by atoms with Gasteiger partial charge >= 0.3 is 5.76 Å². The zero-order valence-corrected chi connectivity index (χ0v) is 15.8. The summed E-state index contributed by atoms with van der Waals surface area (Å²) in [6, 6.07) is 11.3. The largest absolute Gasteiger partial charge is 0.512 e. The van der Waals surface area contributed by atoms with E-state index in [4.69, 9.17) is 9.83 Å². The molecule has 0 unspecified atom stereocenters. The number of hydrogen-bond acceptors (Lipinski definition) is 5. The smallest absolute Gasteiger partial charge is 0.417 e. The monoisotopic (exact) mass is 373 g/mol. The summed E-state index contributed by atoms with van der Waals surface area (Å²) in [5.41, 5.74) is 5.67. The van der Waals surface area contributed by atoms with Crippen LogP contribution in [0.15, 0.2) is 57.6 Å². The lowest BCUT2D eigenvalue weighted by Crippen LogP contribution is -2.00. The van der Waals surface area contributed by atoms with Gasteiger partial charge in [-0.05, 0) is 61.7 Å². The molecule has 0 fully saturated rings. The third-order valence-electron chi connectivity index (χ3n) is 4.81. The van der Waals surface area contributed by atoms with Gasteiger partial charge in [0.1, 0.15) is 0 Å². The predicted octanol–water partition coefficient (Wildman–Crippen LogP) is 4.97. The van der Waals surface area contributed by atoms with Gasteiger partial charge in [-0.1, -0.05) is 12.1 Å². The summed E-state index contributed by atoms with van der Waals surface area (Å²) < 4.78 is 5.45. The number of nitrogens with zero attached hydrogens (tertiary/aromatic N) is 1. The van der Waals surface area contributed by atoms with Crippen LogP contribution >= 0.6 is 0 Å². The maximum Gasteiger partial charge on any atom is 0.417 e. The second kappa shape index (κ2) is 6.49. The second-order valence-electron chi connectivity index (χ2n) is 6.83. The molecule has 2 aromatic carbocycles. The number of H-pyrrole nitrogens is 1. The summed E-state index contributed by atoms with van der Waals surface area (Å²) in [4.78, 5) is 19.1. The Morgan fingerprint density at radius 1 is 1.21 bits per heavy atom. The second-order valence-corrected chi connectivity index (χ2v) is 6.83. The van der Waals surface area contributed by atoms with Crippen LogP contribution in [0.1, 0.15) is 25.0 Å². The van der Waals surface area contributed by atoms with Gasteiger partial charge < -0.3 is 14.9 Å². The van der Waals surface area contributed by atoms with E-state index < -0.39 is 5.76 Å². The molecule has 0 spiro atoms. The topological polar surface area (TPSA) is 103 Å². The average Bonchev–Trinajstić information content (AvgIpc) is 3.01. The number of aryl methyl sites for hydroxylation is 1. The first-order chi connectivity index (χ1) is 13.4. The zero-order chi connectivity index (χ0) is 20.0. The van der Waals surface area contributed by atoms with E-state index in [0.717, 1.165) is 22.0 Å². The van der Waals surface area contributed by atoms with Gasteiger partial charge in [0, 0.05) is 28.4 Å². The van der Waals surface area contributed by atoms with Crippen molar-refractivity contribution in [3.8, 4) is 11.1 Å². The molecule has 0 bridgehead atoms. The van der Waals surface area contributed by atoms with E-state index in [1.807, 2.05) is 37.3 Å². The molecule has 2 aromatic heterocycles. The minimum Gasteiger partial charge on any atom is -0.512 e. The highest BCUT2D eigenvalue weighted by molar-refractivity contribution is 6.22. The van der Waals surface area contributed by atoms with E-state index in [-0.39, 0.29) is 11.5 Å². The number of oxazole rings is 1. The van der Waals surface area contributed by atoms with E-state index in [9.17, 15) is 9.90 Å². The van der Waals surface area contributed by atoms with Crippen molar-refractivity contribution in [1.82, 2.24) is 9.97 Å². The molecule has 4 rings (SSSR count). The standard InChI is InChI=1S/C22H19N3O3/c1-11-6-7-17-15(5-4-8-24-17)19(11)16-9-14(20(12(2)23)13(3)26)10-18-21(16)28-22(27)25-18/h4-10,23,26H,1-3H3,(H,25,27)/b20-13+,23-12?. The number of allylic oxidation sites excluding steroid dienone is 2. The summed E-state index contributed by atoms with van der Waals surface area (Å²) >= 11 is 0. The molecule has 0 aliphatic rings. The van der Waals surface area contributed by atoms with E-state index in [0.29, 0.717) is 27.8 Å². The summed E-state index contributed by atoms with van der Waals surface area (Å²) in [6.45, 7) is 5.15. The van der Waals surface area contributed by atoms with Crippen LogP contribution < -0.4 is 5.76 Å². The number of aromatic nitrogens is 2. The first-order valence-electron chi connectivity index (χ1n) is 8.84. The van der Waals surface area contributed by atoms with Crippen molar-refractivity contribution in [3.63, 3.8) is 0 Å². The van der Waals surface area contributed by atoms with Crippen molar-refractivity contribution >= 4 is 33.3 Å². The van der Waals surface area contributed by atoms with Crippen LogP contribution in [-0.4, -0.2) is 20.8 Å². The van der Waals surface area contributed by atoms with Gasteiger partial charge in [-0.2, -0.15) is 0 Å². The van der Waals surface area contributed by atoms with Gasteiger partial charge in [-0.25, -0.2) is 4.79 Å². The van der Waals surface area contributed by atoms with E-state index >= 15 is 0 Å². The molecule has 140 valence electrons. The fourth-order valence-electron chi connectivity index (χ4n) is 3.71. The first kappa shape index (κ1) is 17.7. The Hall–Kier alpha value is -3.67.